The predicted molar refractivity (Wildman–Crippen MR) is 88.1 cm³/mol. The molecule has 2 N–H and O–H groups in total. The van der Waals surface area contributed by atoms with E-state index in [9.17, 15) is 0 Å². The van der Waals surface area contributed by atoms with Gasteiger partial charge in [0.25, 0.3) is 0 Å². The van der Waals surface area contributed by atoms with Gasteiger partial charge in [-0.3, -0.25) is 0 Å². The summed E-state index contributed by atoms with van der Waals surface area (Å²) in [7, 11) is 0. The Morgan fingerprint density at radius 3 is 2.71 bits per heavy atom. The number of benzene rings is 2. The highest BCUT2D eigenvalue weighted by Crippen LogP contribution is 2.41. The molecule has 3 nitrogen and oxygen atoms in total. The van der Waals surface area contributed by atoms with E-state index in [-0.39, 0.29) is 5.60 Å². The first-order valence-electron chi connectivity index (χ1n) is 7.02. The lowest BCUT2D eigenvalue weighted by atomic mass is 10.0. The van der Waals surface area contributed by atoms with Crippen LogP contribution in [0.1, 0.15) is 19.4 Å². The standard InChI is InChI=1S/C17H19ClN2O/c1-17(2)11-20(10-12-6-3-4-7-13(12)18)16-14(19)8-5-9-15(16)21-17/h3-9H,10-11,19H2,1-2H3. The van der Waals surface area contributed by atoms with Crippen LogP contribution in [0.5, 0.6) is 5.75 Å². The molecule has 4 heteroatoms. The number of para-hydroxylation sites is 1. The minimum Gasteiger partial charge on any atom is -0.484 e. The van der Waals surface area contributed by atoms with Gasteiger partial charge in [0.15, 0.2) is 0 Å². The smallest absolute Gasteiger partial charge is 0.145 e. The van der Waals surface area contributed by atoms with Gasteiger partial charge in [-0.15, -0.1) is 0 Å². The van der Waals surface area contributed by atoms with Crippen molar-refractivity contribution >= 4 is 23.0 Å². The van der Waals surface area contributed by atoms with Crippen molar-refractivity contribution in [2.24, 2.45) is 0 Å². The molecule has 1 aliphatic heterocycles. The van der Waals surface area contributed by atoms with Crippen molar-refractivity contribution in [1.29, 1.82) is 0 Å². The highest BCUT2D eigenvalue weighted by atomic mass is 35.5. The summed E-state index contributed by atoms with van der Waals surface area (Å²) in [5.74, 6) is 0.832. The number of nitrogen functional groups attached to an aromatic ring is 1. The van der Waals surface area contributed by atoms with Crippen LogP contribution in [-0.4, -0.2) is 12.1 Å². The fraction of sp³-hybridized carbons (Fsp3) is 0.294. The molecule has 1 aliphatic rings. The van der Waals surface area contributed by atoms with Crippen LogP contribution >= 0.6 is 11.6 Å². The van der Waals surface area contributed by atoms with Crippen molar-refractivity contribution < 1.29 is 4.74 Å². The number of ether oxygens (including phenoxy) is 1. The Balaban J connectivity index is 2.01. The number of nitrogens with zero attached hydrogens (tertiary/aromatic N) is 1. The number of rotatable bonds is 2. The Bertz CT molecular complexity index is 670. The number of halogens is 1. The van der Waals surface area contributed by atoms with Gasteiger partial charge in [0.2, 0.25) is 0 Å². The lowest BCUT2D eigenvalue weighted by Gasteiger charge is -2.41. The van der Waals surface area contributed by atoms with Crippen LogP contribution in [0.2, 0.25) is 5.02 Å². The van der Waals surface area contributed by atoms with Crippen molar-refractivity contribution in [3.8, 4) is 5.75 Å². The Hall–Kier alpha value is -1.87. The average molecular weight is 303 g/mol. The SMILES string of the molecule is CC1(C)CN(Cc2ccccc2Cl)c2c(N)cccc2O1. The fourth-order valence-corrected chi connectivity index (χ4v) is 2.99. The quantitative estimate of drug-likeness (QED) is 0.849. The molecule has 0 unspecified atom stereocenters. The monoisotopic (exact) mass is 302 g/mol. The van der Waals surface area contributed by atoms with Gasteiger partial charge in [0, 0.05) is 11.6 Å². The summed E-state index contributed by atoms with van der Waals surface area (Å²) in [6.45, 7) is 5.64. The second-order valence-corrected chi connectivity index (χ2v) is 6.41. The van der Waals surface area contributed by atoms with E-state index in [1.54, 1.807) is 0 Å². The van der Waals surface area contributed by atoms with Gasteiger partial charge >= 0.3 is 0 Å². The second kappa shape index (κ2) is 5.15. The molecule has 0 aromatic heterocycles. The summed E-state index contributed by atoms with van der Waals surface area (Å²) in [4.78, 5) is 2.25. The van der Waals surface area contributed by atoms with Crippen molar-refractivity contribution in [2.45, 2.75) is 26.0 Å². The predicted octanol–water partition coefficient (Wildman–Crippen LogP) is 4.10. The number of anilines is 2. The first-order valence-corrected chi connectivity index (χ1v) is 7.40. The first kappa shape index (κ1) is 14.1. The minimum atomic E-state index is -0.262. The topological polar surface area (TPSA) is 38.5 Å². The molecule has 0 radical (unpaired) electrons. The van der Waals surface area contributed by atoms with E-state index >= 15 is 0 Å². The molecular formula is C17H19ClN2O. The normalized spacial score (nSPS) is 16.2. The van der Waals surface area contributed by atoms with Gasteiger partial charge < -0.3 is 15.4 Å². The van der Waals surface area contributed by atoms with Crippen molar-refractivity contribution in [1.82, 2.24) is 0 Å². The molecule has 0 aliphatic carbocycles. The van der Waals surface area contributed by atoms with Crippen molar-refractivity contribution in [3.05, 3.63) is 53.1 Å². The van der Waals surface area contributed by atoms with E-state index in [2.05, 4.69) is 18.7 Å². The third-order valence-corrected chi connectivity index (χ3v) is 3.99. The Kier molecular flexibility index (Phi) is 3.46. The third-order valence-electron chi connectivity index (χ3n) is 3.62. The Morgan fingerprint density at radius 2 is 1.95 bits per heavy atom. The zero-order valence-electron chi connectivity index (χ0n) is 12.3. The lowest BCUT2D eigenvalue weighted by molar-refractivity contribution is 0.105. The molecule has 0 saturated heterocycles. The second-order valence-electron chi connectivity index (χ2n) is 6.00. The van der Waals surface area contributed by atoms with Crippen LogP contribution < -0.4 is 15.4 Å². The molecule has 3 rings (SSSR count). The number of nitrogens with two attached hydrogens (primary N) is 1. The zero-order chi connectivity index (χ0) is 15.0. The molecule has 0 atom stereocenters. The van der Waals surface area contributed by atoms with Gasteiger partial charge in [-0.05, 0) is 37.6 Å². The van der Waals surface area contributed by atoms with Crippen molar-refractivity contribution in [3.63, 3.8) is 0 Å². The van der Waals surface area contributed by atoms with Crippen molar-refractivity contribution in [2.75, 3.05) is 17.2 Å². The van der Waals surface area contributed by atoms with E-state index in [0.29, 0.717) is 6.54 Å². The molecule has 0 bridgehead atoms. The molecule has 21 heavy (non-hydrogen) atoms. The average Bonchev–Trinajstić information content (AvgIpc) is 2.40. The summed E-state index contributed by atoms with van der Waals surface area (Å²) in [6, 6.07) is 13.7. The Morgan fingerprint density at radius 1 is 1.19 bits per heavy atom. The molecular weight excluding hydrogens is 284 g/mol. The van der Waals surface area contributed by atoms with Gasteiger partial charge in [-0.1, -0.05) is 35.9 Å². The zero-order valence-corrected chi connectivity index (χ0v) is 13.0. The van der Waals surface area contributed by atoms with Gasteiger partial charge in [0.1, 0.15) is 17.0 Å². The minimum absolute atomic E-state index is 0.262. The van der Waals surface area contributed by atoms with E-state index in [4.69, 9.17) is 22.1 Å². The molecule has 1 heterocycles. The first-order chi connectivity index (χ1) is 9.96. The largest absolute Gasteiger partial charge is 0.484 e. The van der Waals surface area contributed by atoms with Crippen LogP contribution in [0.4, 0.5) is 11.4 Å². The molecule has 2 aromatic rings. The van der Waals surface area contributed by atoms with Crippen LogP contribution in [0, 0.1) is 0 Å². The fourth-order valence-electron chi connectivity index (χ4n) is 2.80. The third kappa shape index (κ3) is 2.79. The van der Waals surface area contributed by atoms with E-state index in [0.717, 1.165) is 34.3 Å². The maximum absolute atomic E-state index is 6.29. The van der Waals surface area contributed by atoms with Gasteiger partial charge in [-0.25, -0.2) is 0 Å². The summed E-state index contributed by atoms with van der Waals surface area (Å²) in [6.07, 6.45) is 0. The lowest BCUT2D eigenvalue weighted by Crippen LogP contribution is -2.46. The van der Waals surface area contributed by atoms with Crippen LogP contribution in [0.15, 0.2) is 42.5 Å². The Labute approximate surface area is 130 Å². The van der Waals surface area contributed by atoms with Gasteiger partial charge in [0.05, 0.1) is 12.2 Å². The van der Waals surface area contributed by atoms with Gasteiger partial charge in [-0.2, -0.15) is 0 Å². The highest BCUT2D eigenvalue weighted by molar-refractivity contribution is 6.31. The summed E-state index contributed by atoms with van der Waals surface area (Å²) in [5.41, 5.74) is 8.67. The number of fused-ring (bicyclic) bond motifs is 1. The summed E-state index contributed by atoms with van der Waals surface area (Å²) >= 11 is 6.29. The maximum Gasteiger partial charge on any atom is 0.145 e. The number of hydrogen-bond acceptors (Lipinski definition) is 3. The van der Waals surface area contributed by atoms with Crippen LogP contribution in [0.25, 0.3) is 0 Å². The molecule has 2 aromatic carbocycles. The molecule has 0 spiro atoms. The van der Waals surface area contributed by atoms with E-state index in [1.165, 1.54) is 0 Å². The van der Waals surface area contributed by atoms with Crippen LogP contribution in [0.3, 0.4) is 0 Å². The van der Waals surface area contributed by atoms with E-state index in [1.807, 2.05) is 42.5 Å². The summed E-state index contributed by atoms with van der Waals surface area (Å²) in [5, 5.41) is 0.776. The van der Waals surface area contributed by atoms with E-state index < -0.39 is 0 Å². The highest BCUT2D eigenvalue weighted by Gasteiger charge is 2.33. The molecule has 0 saturated carbocycles. The number of hydrogen-bond donors (Lipinski definition) is 1. The summed E-state index contributed by atoms with van der Waals surface area (Å²) < 4.78 is 6.04. The maximum atomic E-state index is 6.29. The van der Waals surface area contributed by atoms with Crippen LogP contribution in [-0.2, 0) is 6.54 Å². The molecule has 0 fully saturated rings. The molecule has 110 valence electrons. The molecule has 0 amide bonds.